The zero-order chi connectivity index (χ0) is 15.5. The standard InChI is InChI=1S/C16H21N5O.ClH/c1-11-3-5-14(6-4-11)21-10-15(19-20-21)16(22)18-13-7-8-17-12(2)9-13;/h3-6,10,12-13,17H,7-9H2,1-2H3,(H,18,22);1H. The molecular weight excluding hydrogens is 314 g/mol. The fourth-order valence-electron chi connectivity index (χ4n) is 2.71. The summed E-state index contributed by atoms with van der Waals surface area (Å²) in [5.74, 6) is -0.155. The number of nitrogens with one attached hydrogen (secondary N) is 2. The van der Waals surface area contributed by atoms with Gasteiger partial charge in [-0.15, -0.1) is 17.5 Å². The van der Waals surface area contributed by atoms with Crippen LogP contribution < -0.4 is 10.6 Å². The van der Waals surface area contributed by atoms with Gasteiger partial charge in [-0.2, -0.15) is 0 Å². The number of aromatic nitrogens is 3. The van der Waals surface area contributed by atoms with Crippen molar-refractivity contribution >= 4 is 18.3 Å². The van der Waals surface area contributed by atoms with E-state index in [-0.39, 0.29) is 24.4 Å². The van der Waals surface area contributed by atoms with Gasteiger partial charge < -0.3 is 10.6 Å². The molecule has 3 rings (SSSR count). The minimum Gasteiger partial charge on any atom is -0.348 e. The summed E-state index contributed by atoms with van der Waals surface area (Å²) in [7, 11) is 0. The van der Waals surface area contributed by atoms with E-state index in [0.717, 1.165) is 25.1 Å². The lowest BCUT2D eigenvalue weighted by molar-refractivity contribution is 0.0920. The highest BCUT2D eigenvalue weighted by Gasteiger charge is 2.21. The van der Waals surface area contributed by atoms with Gasteiger partial charge in [-0.1, -0.05) is 22.9 Å². The number of aryl methyl sites for hydroxylation is 1. The molecule has 1 amide bonds. The Labute approximate surface area is 142 Å². The Kier molecular flexibility index (Phi) is 5.74. The van der Waals surface area contributed by atoms with E-state index in [2.05, 4.69) is 27.9 Å². The predicted octanol–water partition coefficient (Wildman–Crippen LogP) is 1.87. The molecular formula is C16H22ClN5O. The van der Waals surface area contributed by atoms with Gasteiger partial charge in [0.05, 0.1) is 11.9 Å². The van der Waals surface area contributed by atoms with Crippen LogP contribution in [-0.2, 0) is 0 Å². The summed E-state index contributed by atoms with van der Waals surface area (Å²) in [6.07, 6.45) is 3.56. The van der Waals surface area contributed by atoms with Crippen LogP contribution >= 0.6 is 12.4 Å². The molecule has 2 unspecified atom stereocenters. The summed E-state index contributed by atoms with van der Waals surface area (Å²) in [5.41, 5.74) is 2.43. The average Bonchev–Trinajstić information content (AvgIpc) is 2.98. The number of piperidine rings is 1. The smallest absolute Gasteiger partial charge is 0.273 e. The third-order valence-corrected chi connectivity index (χ3v) is 3.98. The fourth-order valence-corrected chi connectivity index (χ4v) is 2.71. The third-order valence-electron chi connectivity index (χ3n) is 3.98. The summed E-state index contributed by atoms with van der Waals surface area (Å²) in [6, 6.07) is 8.57. The van der Waals surface area contributed by atoms with Crippen LogP contribution in [0.4, 0.5) is 0 Å². The molecule has 0 spiro atoms. The van der Waals surface area contributed by atoms with Crippen molar-refractivity contribution in [1.82, 2.24) is 25.6 Å². The molecule has 7 heteroatoms. The molecule has 1 aromatic carbocycles. The molecule has 0 bridgehead atoms. The third kappa shape index (κ3) is 4.30. The minimum atomic E-state index is -0.155. The van der Waals surface area contributed by atoms with E-state index >= 15 is 0 Å². The average molecular weight is 336 g/mol. The lowest BCUT2D eigenvalue weighted by Crippen LogP contribution is -2.46. The zero-order valence-electron chi connectivity index (χ0n) is 13.3. The topological polar surface area (TPSA) is 71.8 Å². The molecule has 2 heterocycles. The van der Waals surface area contributed by atoms with Crippen LogP contribution in [0.25, 0.3) is 5.69 Å². The van der Waals surface area contributed by atoms with E-state index in [0.29, 0.717) is 11.7 Å². The minimum absolute atomic E-state index is 0. The van der Waals surface area contributed by atoms with Gasteiger partial charge in [-0.05, 0) is 45.4 Å². The first-order valence-corrected chi connectivity index (χ1v) is 7.65. The lowest BCUT2D eigenvalue weighted by Gasteiger charge is -2.28. The number of carbonyl (C=O) groups is 1. The first-order valence-electron chi connectivity index (χ1n) is 7.65. The number of hydrogen-bond donors (Lipinski definition) is 2. The molecule has 6 nitrogen and oxygen atoms in total. The molecule has 1 saturated heterocycles. The number of nitrogens with zero attached hydrogens (tertiary/aromatic N) is 3. The largest absolute Gasteiger partial charge is 0.348 e. The van der Waals surface area contributed by atoms with Crippen LogP contribution in [0.1, 0.15) is 35.8 Å². The number of hydrogen-bond acceptors (Lipinski definition) is 4. The molecule has 1 fully saturated rings. The molecule has 1 aliphatic heterocycles. The van der Waals surface area contributed by atoms with Crippen molar-refractivity contribution in [3.05, 3.63) is 41.7 Å². The van der Waals surface area contributed by atoms with E-state index in [1.54, 1.807) is 10.9 Å². The van der Waals surface area contributed by atoms with E-state index in [4.69, 9.17) is 0 Å². The highest BCUT2D eigenvalue weighted by molar-refractivity contribution is 5.92. The molecule has 2 atom stereocenters. The van der Waals surface area contributed by atoms with Gasteiger partial charge in [0, 0.05) is 12.1 Å². The summed E-state index contributed by atoms with van der Waals surface area (Å²) in [5, 5.41) is 14.4. The van der Waals surface area contributed by atoms with Crippen LogP contribution in [0.3, 0.4) is 0 Å². The van der Waals surface area contributed by atoms with Crippen LogP contribution in [0, 0.1) is 6.92 Å². The Morgan fingerprint density at radius 3 is 2.78 bits per heavy atom. The Morgan fingerprint density at radius 2 is 2.09 bits per heavy atom. The molecule has 0 saturated carbocycles. The first-order chi connectivity index (χ1) is 10.6. The van der Waals surface area contributed by atoms with Crippen molar-refractivity contribution in [2.75, 3.05) is 6.54 Å². The second-order valence-electron chi connectivity index (χ2n) is 5.93. The molecule has 1 aliphatic rings. The monoisotopic (exact) mass is 335 g/mol. The van der Waals surface area contributed by atoms with Crippen molar-refractivity contribution in [2.45, 2.75) is 38.8 Å². The van der Waals surface area contributed by atoms with Gasteiger partial charge in [0.25, 0.3) is 5.91 Å². The Hall–Kier alpha value is -1.92. The summed E-state index contributed by atoms with van der Waals surface area (Å²) in [6.45, 7) is 5.10. The molecule has 2 aromatic rings. The van der Waals surface area contributed by atoms with Gasteiger partial charge in [0.1, 0.15) is 0 Å². The Bertz CT molecular complexity index is 655. The van der Waals surface area contributed by atoms with E-state index in [9.17, 15) is 4.79 Å². The van der Waals surface area contributed by atoms with E-state index in [1.165, 1.54) is 5.56 Å². The van der Waals surface area contributed by atoms with Crippen LogP contribution in [0.2, 0.25) is 0 Å². The van der Waals surface area contributed by atoms with Crippen molar-refractivity contribution < 1.29 is 4.79 Å². The molecule has 0 radical (unpaired) electrons. The normalized spacial score (nSPS) is 20.6. The van der Waals surface area contributed by atoms with E-state index < -0.39 is 0 Å². The van der Waals surface area contributed by atoms with Gasteiger partial charge in [-0.3, -0.25) is 4.79 Å². The van der Waals surface area contributed by atoms with Crippen molar-refractivity contribution in [2.24, 2.45) is 0 Å². The molecule has 124 valence electrons. The van der Waals surface area contributed by atoms with Crippen LogP contribution in [0.5, 0.6) is 0 Å². The highest BCUT2D eigenvalue weighted by atomic mass is 35.5. The molecule has 2 N–H and O–H groups in total. The second-order valence-corrected chi connectivity index (χ2v) is 5.93. The summed E-state index contributed by atoms with van der Waals surface area (Å²) >= 11 is 0. The fraction of sp³-hybridized carbons (Fsp3) is 0.438. The zero-order valence-corrected chi connectivity index (χ0v) is 14.1. The van der Waals surface area contributed by atoms with Crippen LogP contribution in [-0.4, -0.2) is 39.5 Å². The van der Waals surface area contributed by atoms with E-state index in [1.807, 2.05) is 31.2 Å². The van der Waals surface area contributed by atoms with Gasteiger partial charge >= 0.3 is 0 Å². The Morgan fingerprint density at radius 1 is 1.35 bits per heavy atom. The van der Waals surface area contributed by atoms with Gasteiger partial charge in [0.2, 0.25) is 0 Å². The number of rotatable bonds is 3. The van der Waals surface area contributed by atoms with Crippen molar-refractivity contribution in [1.29, 1.82) is 0 Å². The predicted molar refractivity (Wildman–Crippen MR) is 91.3 cm³/mol. The maximum absolute atomic E-state index is 12.3. The number of halogens is 1. The quantitative estimate of drug-likeness (QED) is 0.898. The number of benzene rings is 1. The second kappa shape index (κ2) is 7.57. The first kappa shape index (κ1) is 17.4. The summed E-state index contributed by atoms with van der Waals surface area (Å²) in [4.78, 5) is 12.3. The highest BCUT2D eigenvalue weighted by Crippen LogP contribution is 2.11. The number of amides is 1. The SMILES string of the molecule is Cc1ccc(-n2cc(C(=O)NC3CCNC(C)C3)nn2)cc1.Cl. The molecule has 1 aromatic heterocycles. The Balaban J connectivity index is 0.00000192. The van der Waals surface area contributed by atoms with Crippen LogP contribution in [0.15, 0.2) is 30.5 Å². The summed E-state index contributed by atoms with van der Waals surface area (Å²) < 4.78 is 1.62. The number of carbonyl (C=O) groups excluding carboxylic acids is 1. The molecule has 23 heavy (non-hydrogen) atoms. The van der Waals surface area contributed by atoms with Crippen molar-refractivity contribution in [3.63, 3.8) is 0 Å². The van der Waals surface area contributed by atoms with Gasteiger partial charge in [0.15, 0.2) is 5.69 Å². The van der Waals surface area contributed by atoms with Crippen molar-refractivity contribution in [3.8, 4) is 5.69 Å². The maximum Gasteiger partial charge on any atom is 0.273 e. The molecule has 0 aliphatic carbocycles. The lowest BCUT2D eigenvalue weighted by atomic mass is 10.0. The van der Waals surface area contributed by atoms with Gasteiger partial charge in [-0.25, -0.2) is 4.68 Å². The maximum atomic E-state index is 12.3.